The van der Waals surface area contributed by atoms with Crippen LogP contribution >= 0.6 is 11.8 Å². The molecule has 0 saturated heterocycles. The van der Waals surface area contributed by atoms with Crippen molar-refractivity contribution in [3.8, 4) is 0 Å². The molecule has 1 unspecified atom stereocenters. The Morgan fingerprint density at radius 2 is 2.58 bits per heavy atom. The van der Waals surface area contributed by atoms with Gasteiger partial charge in [0, 0.05) is 11.8 Å². The van der Waals surface area contributed by atoms with E-state index in [0.717, 1.165) is 12.4 Å². The lowest BCUT2D eigenvalue weighted by atomic mass is 10.0. The van der Waals surface area contributed by atoms with E-state index in [1.807, 2.05) is 25.1 Å². The molecule has 1 heterocycles. The van der Waals surface area contributed by atoms with Crippen LogP contribution in [0, 0.1) is 0 Å². The number of likely N-dealkylation sites (N-methyl/N-ethyl adjacent to an activating group) is 1. The van der Waals surface area contributed by atoms with Gasteiger partial charge in [-0.15, -0.1) is 0 Å². The molecule has 0 fully saturated rings. The van der Waals surface area contributed by atoms with Crippen LogP contribution in [0.15, 0.2) is 11.8 Å². The predicted octanol–water partition coefficient (Wildman–Crippen LogP) is 1.63. The van der Waals surface area contributed by atoms with Crippen LogP contribution in [0.1, 0.15) is 12.8 Å². The van der Waals surface area contributed by atoms with E-state index in [0.29, 0.717) is 6.04 Å². The van der Waals surface area contributed by atoms with E-state index in [9.17, 15) is 0 Å². The minimum atomic E-state index is 0.500. The highest BCUT2D eigenvalue weighted by molar-refractivity contribution is 7.98. The number of ether oxygens (including phenoxy) is 1. The molecule has 1 aliphatic heterocycles. The standard InChI is InChI=1S/C9H17NOS/c1-10-9(7-12-2)8-4-3-5-11-6-8/h6,9-10H,3-5,7H2,1-2H3. The topological polar surface area (TPSA) is 21.3 Å². The van der Waals surface area contributed by atoms with E-state index in [1.54, 1.807) is 0 Å². The third-order valence-corrected chi connectivity index (χ3v) is 2.76. The summed E-state index contributed by atoms with van der Waals surface area (Å²) in [4.78, 5) is 0. The van der Waals surface area contributed by atoms with Crippen LogP contribution in [0.25, 0.3) is 0 Å². The van der Waals surface area contributed by atoms with E-state index in [-0.39, 0.29) is 0 Å². The van der Waals surface area contributed by atoms with E-state index >= 15 is 0 Å². The van der Waals surface area contributed by atoms with E-state index in [2.05, 4.69) is 11.6 Å². The monoisotopic (exact) mass is 187 g/mol. The van der Waals surface area contributed by atoms with Crippen molar-refractivity contribution in [1.82, 2.24) is 5.32 Å². The van der Waals surface area contributed by atoms with Crippen LogP contribution in [-0.4, -0.2) is 31.7 Å². The molecule has 0 saturated carbocycles. The van der Waals surface area contributed by atoms with Crippen molar-refractivity contribution in [1.29, 1.82) is 0 Å². The fourth-order valence-electron chi connectivity index (χ4n) is 1.38. The van der Waals surface area contributed by atoms with Gasteiger partial charge in [0.25, 0.3) is 0 Å². The van der Waals surface area contributed by atoms with Crippen LogP contribution < -0.4 is 5.32 Å². The van der Waals surface area contributed by atoms with E-state index < -0.39 is 0 Å². The van der Waals surface area contributed by atoms with Crippen LogP contribution in [0.3, 0.4) is 0 Å². The summed E-state index contributed by atoms with van der Waals surface area (Å²) in [6.07, 6.45) is 6.42. The third-order valence-electron chi connectivity index (χ3n) is 2.09. The van der Waals surface area contributed by atoms with Crippen LogP contribution in [0.5, 0.6) is 0 Å². The van der Waals surface area contributed by atoms with E-state index in [1.165, 1.54) is 18.4 Å². The first kappa shape index (κ1) is 9.93. The molecule has 1 aliphatic rings. The maximum atomic E-state index is 5.30. The van der Waals surface area contributed by atoms with Gasteiger partial charge in [-0.25, -0.2) is 0 Å². The second-order valence-corrected chi connectivity index (χ2v) is 3.87. The van der Waals surface area contributed by atoms with Gasteiger partial charge in [-0.2, -0.15) is 11.8 Å². The van der Waals surface area contributed by atoms with Crippen molar-refractivity contribution in [3.05, 3.63) is 11.8 Å². The lowest BCUT2D eigenvalue weighted by molar-refractivity contribution is 0.221. The van der Waals surface area contributed by atoms with E-state index in [4.69, 9.17) is 4.74 Å². The Morgan fingerprint density at radius 1 is 1.75 bits per heavy atom. The zero-order chi connectivity index (χ0) is 8.81. The fraction of sp³-hybridized carbons (Fsp3) is 0.778. The largest absolute Gasteiger partial charge is 0.501 e. The average molecular weight is 187 g/mol. The molecule has 0 radical (unpaired) electrons. The summed E-state index contributed by atoms with van der Waals surface area (Å²) in [6, 6.07) is 0.500. The summed E-state index contributed by atoms with van der Waals surface area (Å²) < 4.78 is 5.30. The van der Waals surface area contributed by atoms with Gasteiger partial charge in [-0.05, 0) is 31.7 Å². The smallest absolute Gasteiger partial charge is 0.0876 e. The summed E-state index contributed by atoms with van der Waals surface area (Å²) >= 11 is 1.87. The molecule has 0 aliphatic carbocycles. The number of hydrogen-bond acceptors (Lipinski definition) is 3. The molecule has 12 heavy (non-hydrogen) atoms. The highest BCUT2D eigenvalue weighted by atomic mass is 32.2. The molecule has 1 N–H and O–H groups in total. The van der Waals surface area contributed by atoms with Gasteiger partial charge in [0.15, 0.2) is 0 Å². The number of thioether (sulfide) groups is 1. The Kier molecular flexibility index (Phi) is 4.54. The molecule has 0 spiro atoms. The lowest BCUT2D eigenvalue weighted by Gasteiger charge is -2.21. The normalized spacial score (nSPS) is 19.7. The zero-order valence-electron chi connectivity index (χ0n) is 7.80. The highest BCUT2D eigenvalue weighted by Crippen LogP contribution is 2.17. The Bertz CT molecular complexity index is 159. The molecule has 2 nitrogen and oxygen atoms in total. The number of nitrogens with one attached hydrogen (secondary N) is 1. The van der Waals surface area contributed by atoms with Gasteiger partial charge in [-0.1, -0.05) is 0 Å². The second kappa shape index (κ2) is 5.49. The van der Waals surface area contributed by atoms with Gasteiger partial charge in [0.1, 0.15) is 0 Å². The molecule has 0 aromatic carbocycles. The average Bonchev–Trinajstić information content (AvgIpc) is 2.15. The van der Waals surface area contributed by atoms with Crippen molar-refractivity contribution >= 4 is 11.8 Å². The number of hydrogen-bond donors (Lipinski definition) is 1. The van der Waals surface area contributed by atoms with Crippen LogP contribution in [0.4, 0.5) is 0 Å². The van der Waals surface area contributed by atoms with Gasteiger partial charge >= 0.3 is 0 Å². The first-order valence-corrected chi connectivity index (χ1v) is 5.74. The van der Waals surface area contributed by atoms with Gasteiger partial charge < -0.3 is 10.1 Å². The van der Waals surface area contributed by atoms with Crippen molar-refractivity contribution in [3.63, 3.8) is 0 Å². The third kappa shape index (κ3) is 2.72. The Hall–Kier alpha value is -0.150. The summed E-state index contributed by atoms with van der Waals surface area (Å²) in [6.45, 7) is 0.888. The molecule has 0 bridgehead atoms. The SMILES string of the molecule is CNC(CSC)C1=COCCC1. The predicted molar refractivity (Wildman–Crippen MR) is 54.5 cm³/mol. The van der Waals surface area contributed by atoms with Gasteiger partial charge in [-0.3, -0.25) is 0 Å². The first-order chi connectivity index (χ1) is 5.88. The fourth-order valence-corrected chi connectivity index (χ4v) is 2.10. The Labute approximate surface area is 78.7 Å². The minimum absolute atomic E-state index is 0.500. The molecule has 3 heteroatoms. The maximum absolute atomic E-state index is 5.30. The molecule has 0 aromatic rings. The molecule has 0 aromatic heterocycles. The molecule has 70 valence electrons. The molecular weight excluding hydrogens is 170 g/mol. The van der Waals surface area contributed by atoms with Gasteiger partial charge in [0.2, 0.25) is 0 Å². The Morgan fingerprint density at radius 3 is 3.08 bits per heavy atom. The Balaban J connectivity index is 2.45. The van der Waals surface area contributed by atoms with Gasteiger partial charge in [0.05, 0.1) is 12.9 Å². The lowest BCUT2D eigenvalue weighted by Crippen LogP contribution is -2.31. The summed E-state index contributed by atoms with van der Waals surface area (Å²) in [5.74, 6) is 1.13. The zero-order valence-corrected chi connectivity index (χ0v) is 8.62. The van der Waals surface area contributed by atoms with Crippen LogP contribution in [-0.2, 0) is 4.74 Å². The first-order valence-electron chi connectivity index (χ1n) is 4.35. The van der Waals surface area contributed by atoms with Crippen LogP contribution in [0.2, 0.25) is 0 Å². The minimum Gasteiger partial charge on any atom is -0.501 e. The summed E-state index contributed by atoms with van der Waals surface area (Å²) in [5.41, 5.74) is 1.41. The molecule has 1 rings (SSSR count). The van der Waals surface area contributed by atoms with Crippen molar-refractivity contribution < 1.29 is 4.74 Å². The quantitative estimate of drug-likeness (QED) is 0.723. The number of rotatable bonds is 4. The summed E-state index contributed by atoms with van der Waals surface area (Å²) in [5, 5.41) is 3.30. The van der Waals surface area contributed by atoms with Crippen molar-refractivity contribution in [2.45, 2.75) is 18.9 Å². The highest BCUT2D eigenvalue weighted by Gasteiger charge is 2.14. The molecule has 1 atom stereocenters. The summed E-state index contributed by atoms with van der Waals surface area (Å²) in [7, 11) is 2.01. The molecular formula is C9H17NOS. The maximum Gasteiger partial charge on any atom is 0.0876 e. The molecule has 0 amide bonds. The second-order valence-electron chi connectivity index (χ2n) is 2.96. The van der Waals surface area contributed by atoms with Crippen molar-refractivity contribution in [2.75, 3.05) is 25.7 Å². The van der Waals surface area contributed by atoms with Crippen molar-refractivity contribution in [2.24, 2.45) is 0 Å².